The minimum atomic E-state index is 0.328. The summed E-state index contributed by atoms with van der Waals surface area (Å²) in [5.41, 5.74) is 1.62. The number of hydrogen-bond donors (Lipinski definition) is 1. The van der Waals surface area contributed by atoms with Crippen molar-refractivity contribution in [2.75, 3.05) is 6.79 Å². The number of hydrogen-bond acceptors (Lipinski definition) is 3. The molecule has 1 atom stereocenters. The molecule has 1 N–H and O–H groups in total. The van der Waals surface area contributed by atoms with Gasteiger partial charge in [0.05, 0.1) is 0 Å². The first-order valence-corrected chi connectivity index (χ1v) is 8.17. The van der Waals surface area contributed by atoms with Gasteiger partial charge >= 0.3 is 0 Å². The summed E-state index contributed by atoms with van der Waals surface area (Å²) in [6, 6.07) is 4.68. The van der Waals surface area contributed by atoms with E-state index in [0.717, 1.165) is 22.5 Å². The molecule has 20 heavy (non-hydrogen) atoms. The molecule has 1 aromatic carbocycles. The van der Waals surface area contributed by atoms with Crippen molar-refractivity contribution in [3.63, 3.8) is 0 Å². The zero-order valence-electron chi connectivity index (χ0n) is 12.2. The molecule has 1 aromatic rings. The van der Waals surface area contributed by atoms with Crippen molar-refractivity contribution in [2.45, 2.75) is 52.1 Å². The van der Waals surface area contributed by atoms with Gasteiger partial charge in [-0.05, 0) is 36.0 Å². The van der Waals surface area contributed by atoms with Crippen LogP contribution in [0.25, 0.3) is 0 Å². The van der Waals surface area contributed by atoms with E-state index in [1.165, 1.54) is 31.2 Å². The maximum absolute atomic E-state index is 5.46. The molecule has 2 aliphatic rings. The first-order chi connectivity index (χ1) is 9.56. The zero-order valence-corrected chi connectivity index (χ0v) is 13.8. The normalized spacial score (nSPS) is 23.9. The van der Waals surface area contributed by atoms with Crippen molar-refractivity contribution < 1.29 is 9.47 Å². The Labute approximate surface area is 129 Å². The molecule has 1 heterocycles. The van der Waals surface area contributed by atoms with Crippen LogP contribution in [0.2, 0.25) is 0 Å². The van der Waals surface area contributed by atoms with Crippen LogP contribution in [-0.2, 0) is 6.54 Å². The average Bonchev–Trinajstić information content (AvgIpc) is 2.83. The second-order valence-electron chi connectivity index (χ2n) is 6.46. The van der Waals surface area contributed by atoms with Crippen molar-refractivity contribution >= 4 is 15.9 Å². The maximum Gasteiger partial charge on any atom is 0.231 e. The molecular weight excluding hydrogens is 318 g/mol. The lowest BCUT2D eigenvalue weighted by Gasteiger charge is -2.39. The van der Waals surface area contributed by atoms with Gasteiger partial charge in [0.25, 0.3) is 0 Å². The van der Waals surface area contributed by atoms with Gasteiger partial charge in [-0.3, -0.25) is 0 Å². The number of ether oxygens (including phenoxy) is 2. The van der Waals surface area contributed by atoms with E-state index in [0.29, 0.717) is 18.2 Å². The van der Waals surface area contributed by atoms with Crippen LogP contribution in [0.1, 0.15) is 45.1 Å². The van der Waals surface area contributed by atoms with Gasteiger partial charge in [0, 0.05) is 17.1 Å². The molecular formula is C16H22BrNO2. The van der Waals surface area contributed by atoms with Gasteiger partial charge < -0.3 is 14.8 Å². The van der Waals surface area contributed by atoms with Gasteiger partial charge in [0.2, 0.25) is 6.79 Å². The Morgan fingerprint density at radius 1 is 1.25 bits per heavy atom. The standard InChI is InChI=1S/C16H22BrNO2/c1-16(2)6-4-3-5-15(16)18-9-11-7-13-14(8-12(11)17)20-10-19-13/h7-8,15,18H,3-6,9-10H2,1-2H3. The topological polar surface area (TPSA) is 30.5 Å². The van der Waals surface area contributed by atoms with Gasteiger partial charge in [-0.1, -0.05) is 42.6 Å². The van der Waals surface area contributed by atoms with E-state index in [2.05, 4.69) is 41.2 Å². The van der Waals surface area contributed by atoms with E-state index in [-0.39, 0.29) is 0 Å². The predicted molar refractivity (Wildman–Crippen MR) is 83.1 cm³/mol. The molecule has 0 bridgehead atoms. The summed E-state index contributed by atoms with van der Waals surface area (Å²) in [7, 11) is 0. The van der Waals surface area contributed by atoms with Gasteiger partial charge in [0.15, 0.2) is 11.5 Å². The number of benzene rings is 1. The van der Waals surface area contributed by atoms with Crippen molar-refractivity contribution in [1.29, 1.82) is 0 Å². The molecule has 4 heteroatoms. The SMILES string of the molecule is CC1(C)CCCCC1NCc1cc2c(cc1Br)OCO2. The Kier molecular flexibility index (Phi) is 3.95. The Bertz CT molecular complexity index is 501. The van der Waals surface area contributed by atoms with Gasteiger partial charge in [-0.15, -0.1) is 0 Å². The van der Waals surface area contributed by atoms with Crippen molar-refractivity contribution in [3.8, 4) is 11.5 Å². The molecule has 0 radical (unpaired) electrons. The van der Waals surface area contributed by atoms with Crippen LogP contribution in [0.15, 0.2) is 16.6 Å². The quantitative estimate of drug-likeness (QED) is 0.893. The molecule has 1 aliphatic heterocycles. The molecule has 3 nitrogen and oxygen atoms in total. The molecule has 0 amide bonds. The number of rotatable bonds is 3. The fraction of sp³-hybridized carbons (Fsp3) is 0.625. The predicted octanol–water partition coefficient (Wildman–Crippen LogP) is 4.24. The highest BCUT2D eigenvalue weighted by Gasteiger charge is 2.31. The Hall–Kier alpha value is -0.740. The lowest BCUT2D eigenvalue weighted by atomic mass is 9.73. The largest absolute Gasteiger partial charge is 0.454 e. The third-order valence-corrected chi connectivity index (χ3v) is 5.33. The highest BCUT2D eigenvalue weighted by molar-refractivity contribution is 9.10. The van der Waals surface area contributed by atoms with E-state index in [9.17, 15) is 0 Å². The summed E-state index contributed by atoms with van der Waals surface area (Å²) >= 11 is 3.63. The van der Waals surface area contributed by atoms with Gasteiger partial charge in [-0.2, -0.15) is 0 Å². The van der Waals surface area contributed by atoms with Crippen LogP contribution < -0.4 is 14.8 Å². The summed E-state index contributed by atoms with van der Waals surface area (Å²) in [5.74, 6) is 1.69. The lowest BCUT2D eigenvalue weighted by molar-refractivity contribution is 0.166. The van der Waals surface area contributed by atoms with E-state index in [4.69, 9.17) is 9.47 Å². The maximum atomic E-state index is 5.46. The molecule has 0 saturated heterocycles. The fourth-order valence-corrected chi connectivity index (χ4v) is 3.66. The van der Waals surface area contributed by atoms with E-state index in [1.54, 1.807) is 0 Å². The lowest BCUT2D eigenvalue weighted by Crippen LogP contribution is -2.43. The van der Waals surface area contributed by atoms with Crippen molar-refractivity contribution in [2.24, 2.45) is 5.41 Å². The molecule has 1 unspecified atom stereocenters. The molecule has 3 rings (SSSR count). The number of nitrogens with one attached hydrogen (secondary N) is 1. The first kappa shape index (κ1) is 14.2. The fourth-order valence-electron chi connectivity index (χ4n) is 3.20. The summed E-state index contributed by atoms with van der Waals surface area (Å²) < 4.78 is 11.9. The molecule has 1 saturated carbocycles. The van der Waals surface area contributed by atoms with E-state index >= 15 is 0 Å². The molecule has 1 fully saturated rings. The third-order valence-electron chi connectivity index (χ3n) is 4.59. The second-order valence-corrected chi connectivity index (χ2v) is 7.32. The highest BCUT2D eigenvalue weighted by atomic mass is 79.9. The van der Waals surface area contributed by atoms with Crippen molar-refractivity contribution in [1.82, 2.24) is 5.32 Å². The molecule has 0 aromatic heterocycles. The molecule has 1 aliphatic carbocycles. The van der Waals surface area contributed by atoms with Gasteiger partial charge in [-0.25, -0.2) is 0 Å². The van der Waals surface area contributed by atoms with Crippen LogP contribution in [0, 0.1) is 5.41 Å². The summed E-state index contributed by atoms with van der Waals surface area (Å²) in [5, 5.41) is 3.73. The zero-order chi connectivity index (χ0) is 14.2. The van der Waals surface area contributed by atoms with Crippen molar-refractivity contribution in [3.05, 3.63) is 22.2 Å². The summed E-state index contributed by atoms with van der Waals surface area (Å²) in [4.78, 5) is 0. The number of halogens is 1. The van der Waals surface area contributed by atoms with Gasteiger partial charge in [0.1, 0.15) is 0 Å². The Morgan fingerprint density at radius 3 is 2.75 bits per heavy atom. The van der Waals surface area contributed by atoms with E-state index in [1.807, 2.05) is 6.07 Å². The van der Waals surface area contributed by atoms with Crippen LogP contribution in [0.3, 0.4) is 0 Å². The minimum absolute atomic E-state index is 0.328. The number of fused-ring (bicyclic) bond motifs is 1. The second kappa shape index (κ2) is 5.57. The van der Waals surface area contributed by atoms with Crippen LogP contribution in [0.5, 0.6) is 11.5 Å². The highest BCUT2D eigenvalue weighted by Crippen LogP contribution is 2.38. The monoisotopic (exact) mass is 339 g/mol. The summed E-state index contributed by atoms with van der Waals surface area (Å²) in [6.45, 7) is 5.94. The summed E-state index contributed by atoms with van der Waals surface area (Å²) in [6.07, 6.45) is 5.28. The molecule has 110 valence electrons. The van der Waals surface area contributed by atoms with Crippen LogP contribution in [0.4, 0.5) is 0 Å². The first-order valence-electron chi connectivity index (χ1n) is 7.38. The molecule has 0 spiro atoms. The van der Waals surface area contributed by atoms with Crippen LogP contribution >= 0.6 is 15.9 Å². The smallest absolute Gasteiger partial charge is 0.231 e. The third kappa shape index (κ3) is 2.82. The minimum Gasteiger partial charge on any atom is -0.454 e. The Morgan fingerprint density at radius 2 is 2.00 bits per heavy atom. The average molecular weight is 340 g/mol. The Balaban J connectivity index is 1.69. The van der Waals surface area contributed by atoms with E-state index < -0.39 is 0 Å². The van der Waals surface area contributed by atoms with Crippen LogP contribution in [-0.4, -0.2) is 12.8 Å².